The van der Waals surface area contributed by atoms with E-state index in [2.05, 4.69) is 15.0 Å². The number of nitrogens with zero attached hydrogens (tertiary/aromatic N) is 1. The molecule has 1 aromatic heterocycles. The van der Waals surface area contributed by atoms with E-state index in [0.29, 0.717) is 12.0 Å². The third-order valence-corrected chi connectivity index (χ3v) is 8.59. The average Bonchev–Trinajstić information content (AvgIpc) is 3.23. The second-order valence-electron chi connectivity index (χ2n) is 7.97. The minimum Gasteiger partial charge on any atom is -0.465 e. The summed E-state index contributed by atoms with van der Waals surface area (Å²) in [6.45, 7) is 3.56. The van der Waals surface area contributed by atoms with Crippen molar-refractivity contribution in [1.82, 2.24) is 10.2 Å². The highest BCUT2D eigenvalue weighted by Crippen LogP contribution is 2.27. The van der Waals surface area contributed by atoms with E-state index in [1.165, 1.54) is 64.8 Å². The maximum absolute atomic E-state index is 12.6. The minimum absolute atomic E-state index is 0.0552. The Hall–Kier alpha value is -1.38. The summed E-state index contributed by atoms with van der Waals surface area (Å²) in [6, 6.07) is 1.87. The van der Waals surface area contributed by atoms with Gasteiger partial charge in [0.2, 0.25) is 0 Å². The Morgan fingerprint density at radius 1 is 1.24 bits per heavy atom. The number of methoxy groups -OCH3 is 1. The molecule has 0 radical (unpaired) electrons. The smallest absolute Gasteiger partial charge is 0.349 e. The van der Waals surface area contributed by atoms with E-state index in [-0.39, 0.29) is 15.5 Å². The Morgan fingerprint density at radius 2 is 2.00 bits per heavy atom. The molecule has 2 fully saturated rings. The van der Waals surface area contributed by atoms with Gasteiger partial charge in [0.25, 0.3) is 0 Å². The molecule has 162 valence electrons. The van der Waals surface area contributed by atoms with Gasteiger partial charge in [0.1, 0.15) is 4.88 Å². The van der Waals surface area contributed by atoms with Crippen LogP contribution in [0.5, 0.6) is 0 Å². The molecule has 0 amide bonds. The molecule has 1 aliphatic heterocycles. The van der Waals surface area contributed by atoms with Gasteiger partial charge in [-0.25, -0.2) is 13.2 Å². The molecule has 2 atom stereocenters. The van der Waals surface area contributed by atoms with Crippen molar-refractivity contribution in [2.75, 3.05) is 32.5 Å². The lowest BCUT2D eigenvalue weighted by atomic mass is 9.84. The highest BCUT2D eigenvalue weighted by Gasteiger charge is 2.27. The van der Waals surface area contributed by atoms with Crippen molar-refractivity contribution < 1.29 is 17.9 Å². The molecule has 1 saturated carbocycles. The maximum atomic E-state index is 12.6. The standard InChI is InChI=1S/C21H32N2O4S2/c1-27-21(24)20-19(10-14-28-20)29(25,26)15-7-11-22-18-9-4-3-8-17(18)16-23-12-5-2-6-13-23/h7,10-11,14,17-18,22H,2-6,8-9,12-13,15-16H2,1H3/t17-,18+/m0/s1. The Labute approximate surface area is 178 Å². The zero-order valence-corrected chi connectivity index (χ0v) is 18.8. The average molecular weight is 441 g/mol. The highest BCUT2D eigenvalue weighted by atomic mass is 32.2. The molecule has 2 heterocycles. The Morgan fingerprint density at radius 3 is 2.76 bits per heavy atom. The third kappa shape index (κ3) is 6.06. The number of ether oxygens (including phenoxy) is 1. The summed E-state index contributed by atoms with van der Waals surface area (Å²) in [5, 5.41) is 5.07. The lowest BCUT2D eigenvalue weighted by Gasteiger charge is -2.37. The number of thiophene rings is 1. The molecule has 8 heteroatoms. The van der Waals surface area contributed by atoms with Crippen LogP contribution in [0.1, 0.15) is 54.6 Å². The van der Waals surface area contributed by atoms with Gasteiger partial charge in [-0.05, 0) is 62.3 Å². The molecule has 0 aromatic carbocycles. The van der Waals surface area contributed by atoms with Gasteiger partial charge in [-0.1, -0.05) is 25.3 Å². The second kappa shape index (κ2) is 10.6. The van der Waals surface area contributed by atoms with Crippen LogP contribution in [0.3, 0.4) is 0 Å². The summed E-state index contributed by atoms with van der Waals surface area (Å²) < 4.78 is 29.9. The van der Waals surface area contributed by atoms with Crippen molar-refractivity contribution in [3.8, 4) is 0 Å². The minimum atomic E-state index is -3.57. The number of rotatable bonds is 8. The quantitative estimate of drug-likeness (QED) is 0.624. The molecule has 1 aliphatic carbocycles. The van der Waals surface area contributed by atoms with Crippen LogP contribution in [0, 0.1) is 5.92 Å². The fourth-order valence-electron chi connectivity index (χ4n) is 4.36. The van der Waals surface area contributed by atoms with E-state index in [1.54, 1.807) is 17.7 Å². The van der Waals surface area contributed by atoms with Crippen molar-refractivity contribution >= 4 is 27.1 Å². The largest absolute Gasteiger partial charge is 0.465 e. The third-order valence-electron chi connectivity index (χ3n) is 5.93. The van der Waals surface area contributed by atoms with Gasteiger partial charge in [-0.3, -0.25) is 0 Å². The number of sulfone groups is 1. The van der Waals surface area contributed by atoms with Crippen molar-refractivity contribution in [2.45, 2.75) is 55.9 Å². The van der Waals surface area contributed by atoms with E-state index in [1.807, 2.05) is 0 Å². The van der Waals surface area contributed by atoms with Crippen LogP contribution in [0.15, 0.2) is 28.6 Å². The number of hydrogen-bond acceptors (Lipinski definition) is 7. The van der Waals surface area contributed by atoms with E-state index in [9.17, 15) is 13.2 Å². The summed E-state index contributed by atoms with van der Waals surface area (Å²) in [5.41, 5.74) is 0. The summed E-state index contributed by atoms with van der Waals surface area (Å²) in [5.74, 6) is -0.126. The van der Waals surface area contributed by atoms with Crippen LogP contribution < -0.4 is 5.32 Å². The summed E-state index contributed by atoms with van der Waals surface area (Å²) >= 11 is 1.09. The lowest BCUT2D eigenvalue weighted by Crippen LogP contribution is -2.43. The van der Waals surface area contributed by atoms with E-state index >= 15 is 0 Å². The molecule has 3 rings (SSSR count). The van der Waals surface area contributed by atoms with Gasteiger partial charge in [0, 0.05) is 12.6 Å². The van der Waals surface area contributed by atoms with Gasteiger partial charge in [0.05, 0.1) is 17.8 Å². The fourth-order valence-corrected chi connectivity index (χ4v) is 6.85. The van der Waals surface area contributed by atoms with Crippen LogP contribution in [0.4, 0.5) is 0 Å². The number of carbonyl (C=O) groups is 1. The predicted molar refractivity (Wildman–Crippen MR) is 116 cm³/mol. The SMILES string of the molecule is COC(=O)c1sccc1S(=O)(=O)CC=CN[C@@H]1CCCC[C@H]1CN1CCCCC1. The molecule has 0 unspecified atom stereocenters. The fraction of sp³-hybridized carbons (Fsp3) is 0.667. The van der Waals surface area contributed by atoms with Crippen molar-refractivity contribution in [2.24, 2.45) is 5.92 Å². The monoisotopic (exact) mass is 440 g/mol. The predicted octanol–water partition coefficient (Wildman–Crippen LogP) is 3.46. The number of nitrogens with one attached hydrogen (secondary N) is 1. The topological polar surface area (TPSA) is 75.7 Å². The van der Waals surface area contributed by atoms with Crippen molar-refractivity contribution in [3.63, 3.8) is 0 Å². The molecule has 0 spiro atoms. The van der Waals surface area contributed by atoms with Crippen LogP contribution >= 0.6 is 11.3 Å². The number of esters is 1. The molecule has 1 aromatic rings. The summed E-state index contributed by atoms with van der Waals surface area (Å²) in [6.07, 6.45) is 12.3. The van der Waals surface area contributed by atoms with Gasteiger partial charge < -0.3 is 15.0 Å². The van der Waals surface area contributed by atoms with Gasteiger partial charge in [0.15, 0.2) is 9.84 Å². The molecule has 6 nitrogen and oxygen atoms in total. The molecule has 1 saturated heterocycles. The summed E-state index contributed by atoms with van der Waals surface area (Å²) in [7, 11) is -2.31. The zero-order valence-electron chi connectivity index (χ0n) is 17.1. The van der Waals surface area contributed by atoms with Crippen LogP contribution in [0.2, 0.25) is 0 Å². The first-order chi connectivity index (χ1) is 14.0. The Balaban J connectivity index is 1.55. The van der Waals surface area contributed by atoms with Crippen molar-refractivity contribution in [3.05, 3.63) is 28.6 Å². The molecular weight excluding hydrogens is 408 g/mol. The van der Waals surface area contributed by atoms with Crippen molar-refractivity contribution in [1.29, 1.82) is 0 Å². The summed E-state index contributed by atoms with van der Waals surface area (Å²) in [4.78, 5) is 14.6. The maximum Gasteiger partial charge on any atom is 0.349 e. The normalized spacial score (nSPS) is 23.9. The number of carbonyl (C=O) groups excluding carboxylic acids is 1. The van der Waals surface area contributed by atoms with E-state index in [0.717, 1.165) is 24.3 Å². The first-order valence-corrected chi connectivity index (χ1v) is 13.1. The molecular formula is C21H32N2O4S2. The first-order valence-electron chi connectivity index (χ1n) is 10.5. The van der Waals surface area contributed by atoms with Gasteiger partial charge in [-0.15, -0.1) is 11.3 Å². The Bertz CT molecular complexity index is 797. The lowest BCUT2D eigenvalue weighted by molar-refractivity contribution is 0.0602. The van der Waals surface area contributed by atoms with E-state index < -0.39 is 15.8 Å². The van der Waals surface area contributed by atoms with Crippen LogP contribution in [-0.2, 0) is 14.6 Å². The van der Waals surface area contributed by atoms with Gasteiger partial charge >= 0.3 is 5.97 Å². The Kier molecular flexibility index (Phi) is 8.15. The van der Waals surface area contributed by atoms with E-state index in [4.69, 9.17) is 0 Å². The molecule has 2 aliphatic rings. The van der Waals surface area contributed by atoms with Crippen LogP contribution in [-0.4, -0.2) is 57.8 Å². The highest BCUT2D eigenvalue weighted by molar-refractivity contribution is 7.91. The zero-order chi connectivity index (χ0) is 20.7. The number of likely N-dealkylation sites (tertiary alicyclic amines) is 1. The number of hydrogen-bond donors (Lipinski definition) is 1. The van der Waals surface area contributed by atoms with Gasteiger partial charge in [-0.2, -0.15) is 0 Å². The van der Waals surface area contributed by atoms with Crippen LogP contribution in [0.25, 0.3) is 0 Å². The first kappa shape index (κ1) is 22.3. The molecule has 1 N–H and O–H groups in total. The number of piperidine rings is 1. The molecule has 29 heavy (non-hydrogen) atoms. The second-order valence-corrected chi connectivity index (χ2v) is 10.9. The molecule has 0 bridgehead atoms.